The van der Waals surface area contributed by atoms with Gasteiger partial charge in [0.25, 0.3) is 0 Å². The Morgan fingerprint density at radius 2 is 1.95 bits per heavy atom. The molecule has 2 saturated carbocycles. The van der Waals surface area contributed by atoms with Gasteiger partial charge in [0, 0.05) is 29.4 Å². The third kappa shape index (κ3) is 2.77. The van der Waals surface area contributed by atoms with E-state index in [1.807, 2.05) is 12.1 Å². The van der Waals surface area contributed by atoms with Crippen LogP contribution in [0.1, 0.15) is 24.8 Å². The molecule has 112 valence electrons. The van der Waals surface area contributed by atoms with Crippen molar-refractivity contribution in [2.24, 2.45) is 23.7 Å². The smallest absolute Gasteiger partial charge is 0.224 e. The minimum atomic E-state index is -1.08. The zero-order chi connectivity index (χ0) is 15.0. The van der Waals surface area contributed by atoms with E-state index in [-0.39, 0.29) is 17.7 Å². The van der Waals surface area contributed by atoms with Crippen LogP contribution in [0, 0.1) is 23.7 Å². The molecule has 0 spiro atoms. The maximum Gasteiger partial charge on any atom is 0.224 e. The summed E-state index contributed by atoms with van der Waals surface area (Å²) >= 11 is 5.90. The number of carbonyl (C=O) groups is 2. The van der Waals surface area contributed by atoms with Gasteiger partial charge in [-0.25, -0.2) is 0 Å². The molecule has 0 radical (unpaired) electrons. The van der Waals surface area contributed by atoms with E-state index in [2.05, 4.69) is 5.32 Å². The van der Waals surface area contributed by atoms with Gasteiger partial charge in [0.1, 0.15) is 0 Å². The lowest BCUT2D eigenvalue weighted by Gasteiger charge is -2.30. The molecule has 2 fully saturated rings. The number of amides is 1. The molecule has 1 N–H and O–H groups in total. The number of rotatable bonds is 4. The fourth-order valence-corrected chi connectivity index (χ4v) is 4.17. The topological polar surface area (TPSA) is 69.2 Å². The molecule has 3 rings (SSSR count). The van der Waals surface area contributed by atoms with E-state index in [4.69, 9.17) is 11.6 Å². The molecule has 21 heavy (non-hydrogen) atoms. The summed E-state index contributed by atoms with van der Waals surface area (Å²) in [4.78, 5) is 23.7. The second-order valence-electron chi connectivity index (χ2n) is 6.05. The highest BCUT2D eigenvalue weighted by Crippen LogP contribution is 2.52. The minimum Gasteiger partial charge on any atom is -0.550 e. The average molecular weight is 307 g/mol. The molecule has 0 heterocycles. The Bertz CT molecular complexity index is 574. The first-order valence-electron chi connectivity index (χ1n) is 7.29. The summed E-state index contributed by atoms with van der Waals surface area (Å²) in [5.41, 5.74) is 0.906. The monoisotopic (exact) mass is 306 g/mol. The van der Waals surface area contributed by atoms with Gasteiger partial charge in [-0.2, -0.15) is 0 Å². The molecule has 5 heteroatoms. The van der Waals surface area contributed by atoms with Gasteiger partial charge < -0.3 is 15.2 Å². The molecule has 1 aromatic rings. The largest absolute Gasteiger partial charge is 0.550 e. The van der Waals surface area contributed by atoms with Gasteiger partial charge in [0.15, 0.2) is 0 Å². The van der Waals surface area contributed by atoms with Crippen molar-refractivity contribution in [3.63, 3.8) is 0 Å². The minimum absolute atomic E-state index is 0.113. The molecule has 1 amide bonds. The molecule has 2 bridgehead atoms. The van der Waals surface area contributed by atoms with Gasteiger partial charge in [0.2, 0.25) is 5.91 Å². The van der Waals surface area contributed by atoms with Gasteiger partial charge in [-0.05, 0) is 48.8 Å². The normalized spacial score (nSPS) is 30.3. The van der Waals surface area contributed by atoms with Crippen LogP contribution >= 0.6 is 11.6 Å². The van der Waals surface area contributed by atoms with Crippen molar-refractivity contribution in [2.45, 2.75) is 25.8 Å². The maximum absolute atomic E-state index is 12.4. The third-order valence-electron chi connectivity index (χ3n) is 4.85. The molecule has 2 aliphatic rings. The summed E-state index contributed by atoms with van der Waals surface area (Å²) in [6.45, 7) is 0.368. The second kappa shape index (κ2) is 5.68. The highest BCUT2D eigenvalue weighted by molar-refractivity contribution is 6.30. The molecule has 0 saturated heterocycles. The van der Waals surface area contributed by atoms with Crippen LogP contribution in [0.25, 0.3) is 0 Å². The maximum atomic E-state index is 12.4. The van der Waals surface area contributed by atoms with Crippen LogP contribution in [0.3, 0.4) is 0 Å². The van der Waals surface area contributed by atoms with E-state index >= 15 is 0 Å². The molecule has 4 nitrogen and oxygen atoms in total. The quantitative estimate of drug-likeness (QED) is 0.913. The Hall–Kier alpha value is -1.55. The second-order valence-corrected chi connectivity index (χ2v) is 6.49. The van der Waals surface area contributed by atoms with Crippen LogP contribution in [0.4, 0.5) is 0 Å². The lowest BCUT2D eigenvalue weighted by Crippen LogP contribution is -2.45. The van der Waals surface area contributed by atoms with Crippen LogP contribution in [0.5, 0.6) is 0 Å². The SMILES string of the molecule is O=C([O-])[C@H]1[C@H]2CC[C@@H](C2)[C@@H]1C(=O)NCc1cccc(Cl)c1. The Morgan fingerprint density at radius 3 is 2.62 bits per heavy atom. The number of fused-ring (bicyclic) bond motifs is 2. The Balaban J connectivity index is 1.66. The lowest BCUT2D eigenvalue weighted by atomic mass is 9.78. The van der Waals surface area contributed by atoms with Crippen molar-refractivity contribution in [3.05, 3.63) is 34.9 Å². The van der Waals surface area contributed by atoms with E-state index in [1.54, 1.807) is 12.1 Å². The highest BCUT2D eigenvalue weighted by atomic mass is 35.5. The van der Waals surface area contributed by atoms with Crippen molar-refractivity contribution in [1.82, 2.24) is 5.32 Å². The number of carbonyl (C=O) groups excluding carboxylic acids is 2. The van der Waals surface area contributed by atoms with Crippen molar-refractivity contribution in [3.8, 4) is 0 Å². The van der Waals surface area contributed by atoms with Crippen molar-refractivity contribution >= 4 is 23.5 Å². The number of hydrogen-bond acceptors (Lipinski definition) is 3. The van der Waals surface area contributed by atoms with Crippen LogP contribution in [0.15, 0.2) is 24.3 Å². The molecular formula is C16H17ClNO3-. The van der Waals surface area contributed by atoms with E-state index in [0.29, 0.717) is 11.6 Å². The van der Waals surface area contributed by atoms with Crippen LogP contribution in [0.2, 0.25) is 5.02 Å². The van der Waals surface area contributed by atoms with Crippen molar-refractivity contribution in [2.75, 3.05) is 0 Å². The van der Waals surface area contributed by atoms with Crippen LogP contribution in [-0.4, -0.2) is 11.9 Å². The zero-order valence-electron chi connectivity index (χ0n) is 11.5. The summed E-state index contributed by atoms with van der Waals surface area (Å²) in [7, 11) is 0. The number of aliphatic carboxylic acids is 1. The predicted molar refractivity (Wildman–Crippen MR) is 76.1 cm³/mol. The third-order valence-corrected chi connectivity index (χ3v) is 5.08. The fraction of sp³-hybridized carbons (Fsp3) is 0.500. The Kier molecular flexibility index (Phi) is 3.89. The van der Waals surface area contributed by atoms with E-state index in [0.717, 1.165) is 24.8 Å². The molecule has 0 unspecified atom stereocenters. The Morgan fingerprint density at radius 1 is 1.24 bits per heavy atom. The van der Waals surface area contributed by atoms with E-state index in [1.165, 1.54) is 0 Å². The van der Waals surface area contributed by atoms with Gasteiger partial charge in [-0.15, -0.1) is 0 Å². The first kappa shape index (κ1) is 14.4. The summed E-state index contributed by atoms with van der Waals surface area (Å²) in [5, 5.41) is 14.8. The zero-order valence-corrected chi connectivity index (χ0v) is 12.3. The van der Waals surface area contributed by atoms with Gasteiger partial charge in [-0.1, -0.05) is 23.7 Å². The average Bonchev–Trinajstić information content (AvgIpc) is 3.05. The molecule has 0 aromatic heterocycles. The number of carboxylic acid groups (broad SMARTS) is 1. The van der Waals surface area contributed by atoms with Gasteiger partial charge in [-0.3, -0.25) is 4.79 Å². The summed E-state index contributed by atoms with van der Waals surface area (Å²) in [6, 6.07) is 7.27. The highest BCUT2D eigenvalue weighted by Gasteiger charge is 2.51. The van der Waals surface area contributed by atoms with Gasteiger partial charge in [0.05, 0.1) is 0 Å². The number of carboxylic acids is 1. The Labute approximate surface area is 128 Å². The first-order chi connectivity index (χ1) is 10.1. The summed E-state index contributed by atoms with van der Waals surface area (Å²) < 4.78 is 0. The molecule has 1 aromatic carbocycles. The molecule has 2 aliphatic carbocycles. The van der Waals surface area contributed by atoms with E-state index < -0.39 is 17.8 Å². The molecule has 0 aliphatic heterocycles. The molecular weight excluding hydrogens is 290 g/mol. The number of benzene rings is 1. The predicted octanol–water partition coefficient (Wildman–Crippen LogP) is 1.37. The van der Waals surface area contributed by atoms with Crippen molar-refractivity contribution < 1.29 is 14.7 Å². The number of halogens is 1. The lowest BCUT2D eigenvalue weighted by molar-refractivity contribution is -0.314. The number of hydrogen-bond donors (Lipinski definition) is 1. The van der Waals surface area contributed by atoms with Gasteiger partial charge >= 0.3 is 0 Å². The fourth-order valence-electron chi connectivity index (χ4n) is 3.96. The van der Waals surface area contributed by atoms with Crippen LogP contribution in [-0.2, 0) is 16.1 Å². The summed E-state index contributed by atoms with van der Waals surface area (Å²) in [6.07, 6.45) is 2.69. The van der Waals surface area contributed by atoms with Crippen molar-refractivity contribution in [1.29, 1.82) is 0 Å². The molecule has 4 atom stereocenters. The van der Waals surface area contributed by atoms with Crippen LogP contribution < -0.4 is 10.4 Å². The number of nitrogens with one attached hydrogen (secondary N) is 1. The first-order valence-corrected chi connectivity index (χ1v) is 7.67. The van der Waals surface area contributed by atoms with E-state index in [9.17, 15) is 14.7 Å². The summed E-state index contributed by atoms with van der Waals surface area (Å²) in [5.74, 6) is -2.00. The standard InChI is InChI=1S/C16H18ClNO3/c17-12-3-1-2-9(6-12)8-18-15(19)13-10-4-5-11(7-10)14(13)16(20)21/h1-3,6,10-11,13-14H,4-5,7-8H2,(H,18,19)(H,20,21)/p-1/t10-,11-,13-,14-/m0/s1.